The molecule has 1 aromatic carbocycles. The zero-order valence-electron chi connectivity index (χ0n) is 9.63. The lowest BCUT2D eigenvalue weighted by atomic mass is 9.84. The van der Waals surface area contributed by atoms with Gasteiger partial charge in [-0.15, -0.1) is 0 Å². The molecule has 0 spiro atoms. The highest BCUT2D eigenvalue weighted by atomic mass is 79.9. The Kier molecular flexibility index (Phi) is 3.09. The summed E-state index contributed by atoms with van der Waals surface area (Å²) in [5, 5.41) is 3.37. The van der Waals surface area contributed by atoms with Gasteiger partial charge in [-0.05, 0) is 50.0 Å². The fourth-order valence-corrected chi connectivity index (χ4v) is 3.30. The zero-order valence-corrected chi connectivity index (χ0v) is 11.2. The number of hydrogen-bond donors (Lipinski definition) is 1. The Hall–Kier alpha value is -0.610. The van der Waals surface area contributed by atoms with E-state index in [1.54, 1.807) is 6.07 Å². The third-order valence-electron chi connectivity index (χ3n) is 3.93. The van der Waals surface area contributed by atoms with Crippen molar-refractivity contribution < 1.29 is 4.39 Å². The number of piperidine rings is 3. The van der Waals surface area contributed by atoms with Crippen molar-refractivity contribution in [3.05, 3.63) is 28.5 Å². The summed E-state index contributed by atoms with van der Waals surface area (Å²) in [6.45, 7) is 3.48. The van der Waals surface area contributed by atoms with Gasteiger partial charge in [0.05, 0.1) is 5.69 Å². The van der Waals surface area contributed by atoms with Crippen molar-refractivity contribution in [2.45, 2.75) is 18.9 Å². The molecule has 17 heavy (non-hydrogen) atoms. The minimum Gasteiger partial charge on any atom is -0.378 e. The Bertz CT molecular complexity index is 416. The van der Waals surface area contributed by atoms with Crippen molar-refractivity contribution in [2.24, 2.45) is 5.92 Å². The van der Waals surface area contributed by atoms with E-state index in [-0.39, 0.29) is 5.82 Å². The van der Waals surface area contributed by atoms with Crippen LogP contribution in [-0.2, 0) is 0 Å². The molecule has 3 heterocycles. The number of rotatable bonds is 2. The van der Waals surface area contributed by atoms with Gasteiger partial charge in [0.1, 0.15) is 5.82 Å². The SMILES string of the molecule is Fc1ccc(Br)cc1NC1CN2CCC1CC2. The summed E-state index contributed by atoms with van der Waals surface area (Å²) in [6, 6.07) is 5.47. The number of hydrogen-bond acceptors (Lipinski definition) is 2. The first-order valence-corrected chi connectivity index (χ1v) is 6.95. The van der Waals surface area contributed by atoms with Crippen LogP contribution in [0.5, 0.6) is 0 Å². The average molecular weight is 299 g/mol. The van der Waals surface area contributed by atoms with Crippen molar-refractivity contribution in [1.82, 2.24) is 4.90 Å². The Morgan fingerprint density at radius 2 is 2.06 bits per heavy atom. The summed E-state index contributed by atoms with van der Waals surface area (Å²) < 4.78 is 14.6. The highest BCUT2D eigenvalue weighted by Crippen LogP contribution is 2.31. The number of benzene rings is 1. The molecular weight excluding hydrogens is 283 g/mol. The van der Waals surface area contributed by atoms with Gasteiger partial charge < -0.3 is 10.2 Å². The molecular formula is C13H16BrFN2. The van der Waals surface area contributed by atoms with Gasteiger partial charge in [0.2, 0.25) is 0 Å². The van der Waals surface area contributed by atoms with E-state index in [4.69, 9.17) is 0 Å². The summed E-state index contributed by atoms with van der Waals surface area (Å²) in [6.07, 6.45) is 2.49. The molecule has 3 fully saturated rings. The summed E-state index contributed by atoms with van der Waals surface area (Å²) in [5.74, 6) is 0.544. The lowest BCUT2D eigenvalue weighted by molar-refractivity contribution is 0.0974. The van der Waals surface area contributed by atoms with Crippen LogP contribution in [0, 0.1) is 11.7 Å². The predicted octanol–water partition coefficient (Wildman–Crippen LogP) is 3.09. The van der Waals surface area contributed by atoms with Crippen molar-refractivity contribution in [3.63, 3.8) is 0 Å². The van der Waals surface area contributed by atoms with Crippen LogP contribution in [-0.4, -0.2) is 30.6 Å². The van der Waals surface area contributed by atoms with Crippen molar-refractivity contribution in [2.75, 3.05) is 25.0 Å². The molecule has 2 bridgehead atoms. The fraction of sp³-hybridized carbons (Fsp3) is 0.538. The summed E-state index contributed by atoms with van der Waals surface area (Å²) in [5.41, 5.74) is 0.623. The molecule has 0 saturated carbocycles. The number of fused-ring (bicyclic) bond motifs is 3. The monoisotopic (exact) mass is 298 g/mol. The second-order valence-corrected chi connectivity index (χ2v) is 5.93. The highest BCUT2D eigenvalue weighted by Gasteiger charge is 2.34. The maximum atomic E-state index is 13.7. The maximum Gasteiger partial charge on any atom is 0.146 e. The first-order chi connectivity index (χ1) is 8.22. The van der Waals surface area contributed by atoms with Crippen LogP contribution >= 0.6 is 15.9 Å². The van der Waals surface area contributed by atoms with E-state index >= 15 is 0 Å². The zero-order chi connectivity index (χ0) is 11.8. The van der Waals surface area contributed by atoms with Crippen LogP contribution in [0.3, 0.4) is 0 Å². The predicted molar refractivity (Wildman–Crippen MR) is 70.7 cm³/mol. The van der Waals surface area contributed by atoms with Crippen LogP contribution in [0.2, 0.25) is 0 Å². The first-order valence-electron chi connectivity index (χ1n) is 6.16. The molecule has 1 aromatic rings. The molecule has 1 unspecified atom stereocenters. The molecule has 1 N–H and O–H groups in total. The third-order valence-corrected chi connectivity index (χ3v) is 4.42. The molecule has 0 aromatic heterocycles. The van der Waals surface area contributed by atoms with Crippen LogP contribution < -0.4 is 5.32 Å². The Morgan fingerprint density at radius 1 is 1.29 bits per heavy atom. The van der Waals surface area contributed by atoms with Crippen molar-refractivity contribution >= 4 is 21.6 Å². The largest absolute Gasteiger partial charge is 0.378 e. The van der Waals surface area contributed by atoms with Crippen LogP contribution in [0.15, 0.2) is 22.7 Å². The number of nitrogens with one attached hydrogen (secondary N) is 1. The normalized spacial score (nSPS) is 31.5. The second kappa shape index (κ2) is 4.58. The standard InChI is InChI=1S/C13H16BrFN2/c14-10-1-2-11(15)12(7-10)16-13-8-17-5-3-9(13)4-6-17/h1-2,7,9,13,16H,3-6,8H2. The fourth-order valence-electron chi connectivity index (χ4n) is 2.94. The molecule has 3 saturated heterocycles. The molecule has 0 aliphatic carbocycles. The Morgan fingerprint density at radius 3 is 2.71 bits per heavy atom. The summed E-state index contributed by atoms with van der Waals surface area (Å²) >= 11 is 3.39. The average Bonchev–Trinajstić information content (AvgIpc) is 2.35. The van der Waals surface area contributed by atoms with E-state index in [2.05, 4.69) is 26.1 Å². The topological polar surface area (TPSA) is 15.3 Å². The van der Waals surface area contributed by atoms with Gasteiger partial charge in [0.25, 0.3) is 0 Å². The van der Waals surface area contributed by atoms with Gasteiger partial charge in [0.15, 0.2) is 0 Å². The lowest BCUT2D eigenvalue weighted by Crippen LogP contribution is -2.53. The van der Waals surface area contributed by atoms with Gasteiger partial charge in [-0.3, -0.25) is 0 Å². The highest BCUT2D eigenvalue weighted by molar-refractivity contribution is 9.10. The molecule has 3 aliphatic heterocycles. The minimum atomic E-state index is -0.162. The number of halogens is 2. The quantitative estimate of drug-likeness (QED) is 0.903. The summed E-state index contributed by atoms with van der Waals surface area (Å²) in [4.78, 5) is 2.47. The van der Waals surface area contributed by atoms with E-state index in [0.717, 1.165) is 11.0 Å². The van der Waals surface area contributed by atoms with E-state index in [9.17, 15) is 4.39 Å². The number of anilines is 1. The van der Waals surface area contributed by atoms with Gasteiger partial charge >= 0.3 is 0 Å². The van der Waals surface area contributed by atoms with Gasteiger partial charge in [-0.25, -0.2) is 4.39 Å². The third kappa shape index (κ3) is 2.33. The van der Waals surface area contributed by atoms with E-state index < -0.39 is 0 Å². The maximum absolute atomic E-state index is 13.7. The van der Waals surface area contributed by atoms with Gasteiger partial charge in [0, 0.05) is 17.1 Å². The van der Waals surface area contributed by atoms with Crippen LogP contribution in [0.4, 0.5) is 10.1 Å². The van der Waals surface area contributed by atoms with Crippen molar-refractivity contribution in [1.29, 1.82) is 0 Å². The second-order valence-electron chi connectivity index (χ2n) is 5.01. The lowest BCUT2D eigenvalue weighted by Gasteiger charge is -2.45. The number of nitrogens with zero attached hydrogens (tertiary/aromatic N) is 1. The molecule has 4 heteroatoms. The van der Waals surface area contributed by atoms with Crippen LogP contribution in [0.1, 0.15) is 12.8 Å². The molecule has 1 atom stereocenters. The molecule has 0 amide bonds. The molecule has 0 radical (unpaired) electrons. The Labute approximate surface area is 109 Å². The molecule has 4 rings (SSSR count). The van der Waals surface area contributed by atoms with E-state index in [1.807, 2.05) is 6.07 Å². The molecule has 92 valence electrons. The Balaban J connectivity index is 1.76. The molecule has 2 nitrogen and oxygen atoms in total. The van der Waals surface area contributed by atoms with E-state index in [1.165, 1.54) is 32.0 Å². The molecule has 3 aliphatic rings. The van der Waals surface area contributed by atoms with Gasteiger partial charge in [-0.1, -0.05) is 15.9 Å². The van der Waals surface area contributed by atoms with Crippen LogP contribution in [0.25, 0.3) is 0 Å². The van der Waals surface area contributed by atoms with Gasteiger partial charge in [-0.2, -0.15) is 0 Å². The first kappa shape index (κ1) is 11.5. The minimum absolute atomic E-state index is 0.162. The summed E-state index contributed by atoms with van der Waals surface area (Å²) in [7, 11) is 0. The van der Waals surface area contributed by atoms with E-state index in [0.29, 0.717) is 17.6 Å². The smallest absolute Gasteiger partial charge is 0.146 e. The van der Waals surface area contributed by atoms with Crippen molar-refractivity contribution in [3.8, 4) is 0 Å².